The van der Waals surface area contributed by atoms with Crippen LogP contribution < -0.4 is 0 Å². The molecule has 1 aliphatic rings. The molecule has 44 heavy (non-hydrogen) atoms. The van der Waals surface area contributed by atoms with Gasteiger partial charge in [0.05, 0.1) is 11.9 Å². The Balaban J connectivity index is 1.34. The topological polar surface area (TPSA) is 84.2 Å². The van der Waals surface area contributed by atoms with Crippen LogP contribution in [0.25, 0.3) is 17.3 Å². The molecule has 8 nitrogen and oxygen atoms in total. The third-order valence-corrected chi connectivity index (χ3v) is 7.98. The highest BCUT2D eigenvalue weighted by atomic mass is 16.2. The lowest BCUT2D eigenvalue weighted by Crippen LogP contribution is -2.52. The molecule has 0 spiro atoms. The molecule has 3 heterocycles. The number of rotatable bonds is 9. The second-order valence-electron chi connectivity index (χ2n) is 11.0. The molecule has 0 aliphatic carbocycles. The van der Waals surface area contributed by atoms with Gasteiger partial charge in [-0.2, -0.15) is 15.3 Å². The molecule has 0 N–H and O–H groups in total. The lowest BCUT2D eigenvalue weighted by molar-refractivity contribution is -0.144. The fourth-order valence-electron chi connectivity index (χ4n) is 5.63. The molecule has 1 aliphatic heterocycles. The highest BCUT2D eigenvalue weighted by Crippen LogP contribution is 2.24. The van der Waals surface area contributed by atoms with E-state index in [9.17, 15) is 9.59 Å². The summed E-state index contributed by atoms with van der Waals surface area (Å²) in [5, 5.41) is 12.4. The van der Waals surface area contributed by atoms with Crippen LogP contribution in [0.5, 0.6) is 0 Å². The SMILES string of the molecule is Cn1cc(C=CC(=O)N(Cc2ccc(-c3cccnn3)cc2)C(Cc2ccccc2)C(=O)N2CCc3ccccc3C2)cn1. The third kappa shape index (κ3) is 6.81. The van der Waals surface area contributed by atoms with Gasteiger partial charge in [0.25, 0.3) is 0 Å². The van der Waals surface area contributed by atoms with Crippen LogP contribution in [0.3, 0.4) is 0 Å². The van der Waals surface area contributed by atoms with Crippen molar-refractivity contribution in [3.8, 4) is 11.3 Å². The Hall–Kier alpha value is -5.37. The number of hydrogen-bond acceptors (Lipinski definition) is 5. The second-order valence-corrected chi connectivity index (χ2v) is 11.0. The van der Waals surface area contributed by atoms with E-state index in [1.165, 1.54) is 5.56 Å². The summed E-state index contributed by atoms with van der Waals surface area (Å²) in [5.74, 6) is -0.291. The van der Waals surface area contributed by atoms with Crippen molar-refractivity contribution >= 4 is 17.9 Å². The maximum Gasteiger partial charge on any atom is 0.247 e. The quantitative estimate of drug-likeness (QED) is 0.226. The standard InChI is InChI=1S/C36H34N6O2/c1-40-24-29(23-38-40)15-18-35(43)42(25-28-13-16-31(17-14-28)33-12-7-20-37-39-33)34(22-27-8-3-2-4-9-27)36(44)41-21-19-30-10-5-6-11-32(30)26-41/h2-18,20,23-24,34H,19,21-22,25-26H2,1H3. The maximum absolute atomic E-state index is 14.4. The van der Waals surface area contributed by atoms with Gasteiger partial charge in [-0.15, -0.1) is 0 Å². The van der Waals surface area contributed by atoms with Crippen LogP contribution in [0.1, 0.15) is 27.8 Å². The predicted molar refractivity (Wildman–Crippen MR) is 170 cm³/mol. The van der Waals surface area contributed by atoms with Crippen LogP contribution in [0.2, 0.25) is 0 Å². The fraction of sp³-hybridized carbons (Fsp3) is 0.194. The summed E-state index contributed by atoms with van der Waals surface area (Å²) in [4.78, 5) is 32.1. The minimum atomic E-state index is -0.701. The van der Waals surface area contributed by atoms with E-state index in [-0.39, 0.29) is 18.4 Å². The van der Waals surface area contributed by atoms with E-state index in [0.29, 0.717) is 19.5 Å². The molecule has 0 saturated heterocycles. The largest absolute Gasteiger partial charge is 0.336 e. The van der Waals surface area contributed by atoms with Gasteiger partial charge in [-0.1, -0.05) is 78.9 Å². The molecule has 0 bridgehead atoms. The molecule has 1 atom stereocenters. The summed E-state index contributed by atoms with van der Waals surface area (Å²) in [7, 11) is 1.83. The number of hydrogen-bond donors (Lipinski definition) is 0. The van der Waals surface area contributed by atoms with Gasteiger partial charge in [0, 0.05) is 62.7 Å². The van der Waals surface area contributed by atoms with E-state index in [0.717, 1.165) is 39.9 Å². The van der Waals surface area contributed by atoms with Gasteiger partial charge in [-0.25, -0.2) is 0 Å². The second kappa shape index (κ2) is 13.3. The van der Waals surface area contributed by atoms with Crippen molar-refractivity contribution in [1.82, 2.24) is 29.8 Å². The molecule has 2 aromatic heterocycles. The van der Waals surface area contributed by atoms with Gasteiger partial charge >= 0.3 is 0 Å². The Morgan fingerprint density at radius 2 is 1.68 bits per heavy atom. The van der Waals surface area contributed by atoms with Crippen molar-refractivity contribution < 1.29 is 9.59 Å². The van der Waals surface area contributed by atoms with E-state index >= 15 is 0 Å². The molecule has 0 radical (unpaired) electrons. The van der Waals surface area contributed by atoms with Crippen LogP contribution >= 0.6 is 0 Å². The Kier molecular flexibility index (Phi) is 8.68. The van der Waals surface area contributed by atoms with Gasteiger partial charge in [-0.05, 0) is 46.9 Å². The van der Waals surface area contributed by atoms with Gasteiger partial charge in [0.2, 0.25) is 11.8 Å². The molecule has 3 aromatic carbocycles. The first-order valence-electron chi connectivity index (χ1n) is 14.8. The lowest BCUT2D eigenvalue weighted by Gasteiger charge is -2.37. The molecule has 8 heteroatoms. The zero-order valence-corrected chi connectivity index (χ0v) is 24.7. The van der Waals surface area contributed by atoms with Crippen molar-refractivity contribution in [2.45, 2.75) is 32.0 Å². The monoisotopic (exact) mass is 582 g/mol. The number of fused-ring (bicyclic) bond motifs is 1. The lowest BCUT2D eigenvalue weighted by atomic mass is 9.97. The number of carbonyl (C=O) groups excluding carboxylic acids is 2. The van der Waals surface area contributed by atoms with Crippen LogP contribution in [-0.4, -0.2) is 54.2 Å². The van der Waals surface area contributed by atoms with E-state index in [2.05, 4.69) is 27.4 Å². The normalized spacial score (nSPS) is 13.4. The molecule has 0 saturated carbocycles. The summed E-state index contributed by atoms with van der Waals surface area (Å²) >= 11 is 0. The van der Waals surface area contributed by atoms with Crippen molar-refractivity contribution in [2.24, 2.45) is 7.05 Å². The van der Waals surface area contributed by atoms with Crippen LogP contribution in [0.4, 0.5) is 0 Å². The molecule has 0 fully saturated rings. The highest BCUT2D eigenvalue weighted by Gasteiger charge is 2.34. The maximum atomic E-state index is 14.4. The van der Waals surface area contributed by atoms with E-state index in [1.807, 2.05) is 97.0 Å². The average Bonchev–Trinajstić information content (AvgIpc) is 3.50. The van der Waals surface area contributed by atoms with Gasteiger partial charge in [0.15, 0.2) is 0 Å². The van der Waals surface area contributed by atoms with Crippen LogP contribution in [0, 0.1) is 0 Å². The van der Waals surface area contributed by atoms with E-state index < -0.39 is 6.04 Å². The molecule has 5 aromatic rings. The third-order valence-electron chi connectivity index (χ3n) is 7.98. The van der Waals surface area contributed by atoms with E-state index in [1.54, 1.807) is 34.1 Å². The van der Waals surface area contributed by atoms with Gasteiger partial charge < -0.3 is 9.80 Å². The van der Waals surface area contributed by atoms with Crippen LogP contribution in [-0.2, 0) is 42.6 Å². The summed E-state index contributed by atoms with van der Waals surface area (Å²) in [6.45, 7) is 1.41. The summed E-state index contributed by atoms with van der Waals surface area (Å²) < 4.78 is 1.69. The number of benzene rings is 3. The minimum absolute atomic E-state index is 0.0531. The molecule has 1 unspecified atom stereocenters. The summed E-state index contributed by atoms with van der Waals surface area (Å²) in [5.41, 5.74) is 6.85. The average molecular weight is 583 g/mol. The number of carbonyl (C=O) groups is 2. The first-order chi connectivity index (χ1) is 21.5. The summed E-state index contributed by atoms with van der Waals surface area (Å²) in [6.07, 6.45) is 9.68. The number of aryl methyl sites for hydroxylation is 1. The van der Waals surface area contributed by atoms with Crippen molar-refractivity contribution in [3.05, 3.63) is 143 Å². The minimum Gasteiger partial charge on any atom is -0.336 e. The number of aromatic nitrogens is 4. The Morgan fingerprint density at radius 1 is 0.909 bits per heavy atom. The fourth-order valence-corrected chi connectivity index (χ4v) is 5.63. The van der Waals surface area contributed by atoms with E-state index in [4.69, 9.17) is 0 Å². The van der Waals surface area contributed by atoms with Crippen LogP contribution in [0.15, 0.2) is 116 Å². The van der Waals surface area contributed by atoms with Gasteiger partial charge in [0.1, 0.15) is 6.04 Å². The molecule has 220 valence electrons. The first kappa shape index (κ1) is 28.7. The zero-order valence-electron chi connectivity index (χ0n) is 24.7. The van der Waals surface area contributed by atoms with Crippen molar-refractivity contribution in [2.75, 3.05) is 6.54 Å². The Bertz CT molecular complexity index is 1750. The Labute approximate surface area is 257 Å². The predicted octanol–water partition coefficient (Wildman–Crippen LogP) is 5.12. The molecule has 2 amide bonds. The first-order valence-corrected chi connectivity index (χ1v) is 14.8. The van der Waals surface area contributed by atoms with Crippen molar-refractivity contribution in [1.29, 1.82) is 0 Å². The Morgan fingerprint density at radius 3 is 2.41 bits per heavy atom. The molecule has 6 rings (SSSR count). The van der Waals surface area contributed by atoms with Crippen molar-refractivity contribution in [3.63, 3.8) is 0 Å². The van der Waals surface area contributed by atoms with Gasteiger partial charge in [-0.3, -0.25) is 14.3 Å². The summed E-state index contributed by atoms with van der Waals surface area (Å²) in [6, 6.07) is 29.1. The molecular formula is C36H34N6O2. The number of amides is 2. The number of nitrogens with zero attached hydrogens (tertiary/aromatic N) is 6. The molecular weight excluding hydrogens is 548 g/mol. The zero-order chi connectivity index (χ0) is 30.3. The smallest absolute Gasteiger partial charge is 0.247 e. The highest BCUT2D eigenvalue weighted by molar-refractivity contribution is 5.95.